The lowest BCUT2D eigenvalue weighted by molar-refractivity contribution is 0.0973. The lowest BCUT2D eigenvalue weighted by atomic mass is 9.74. The molecular formula is C21H24FN3O2. The summed E-state index contributed by atoms with van der Waals surface area (Å²) in [4.78, 5) is 17.7. The summed E-state index contributed by atoms with van der Waals surface area (Å²) in [6.07, 6.45) is 4.53. The number of aryl methyl sites for hydroxylation is 2. The number of rotatable bonds is 2. The van der Waals surface area contributed by atoms with Gasteiger partial charge in [0.25, 0.3) is 5.91 Å². The van der Waals surface area contributed by atoms with Gasteiger partial charge in [-0.2, -0.15) is 0 Å². The predicted octanol–water partition coefficient (Wildman–Crippen LogP) is 3.59. The van der Waals surface area contributed by atoms with Crippen molar-refractivity contribution in [3.63, 3.8) is 0 Å². The second kappa shape index (κ2) is 5.89. The quantitative estimate of drug-likeness (QED) is 0.812. The molecule has 3 aliphatic rings. The van der Waals surface area contributed by atoms with Crippen molar-refractivity contribution in [3.05, 3.63) is 46.6 Å². The molecule has 1 aliphatic carbocycles. The van der Waals surface area contributed by atoms with Crippen LogP contribution in [0.1, 0.15) is 53.1 Å². The van der Waals surface area contributed by atoms with Crippen molar-refractivity contribution in [2.45, 2.75) is 51.0 Å². The van der Waals surface area contributed by atoms with Crippen LogP contribution in [0.2, 0.25) is 0 Å². The number of likely N-dealkylation sites (tertiary alicyclic amines) is 1. The molecular weight excluding hydrogens is 345 g/mol. The zero-order valence-corrected chi connectivity index (χ0v) is 15.8. The topological polar surface area (TPSA) is 49.6 Å². The molecule has 0 radical (unpaired) electrons. The number of anilines is 1. The minimum absolute atomic E-state index is 0.0967. The molecule has 27 heavy (non-hydrogen) atoms. The third kappa shape index (κ3) is 2.61. The van der Waals surface area contributed by atoms with Crippen molar-refractivity contribution in [2.24, 2.45) is 0 Å². The Morgan fingerprint density at radius 1 is 1.26 bits per heavy atom. The van der Waals surface area contributed by atoms with Crippen LogP contribution in [0.25, 0.3) is 0 Å². The number of halogens is 1. The van der Waals surface area contributed by atoms with Crippen LogP contribution in [0.15, 0.2) is 22.7 Å². The Morgan fingerprint density at radius 2 is 2.00 bits per heavy atom. The summed E-state index contributed by atoms with van der Waals surface area (Å²) in [7, 11) is 0. The summed E-state index contributed by atoms with van der Waals surface area (Å²) < 4.78 is 19.3. The van der Waals surface area contributed by atoms with Gasteiger partial charge in [-0.1, -0.05) is 5.16 Å². The Kier molecular flexibility index (Phi) is 3.69. The monoisotopic (exact) mass is 369 g/mol. The van der Waals surface area contributed by atoms with Crippen molar-refractivity contribution in [2.75, 3.05) is 24.5 Å². The third-order valence-electron chi connectivity index (χ3n) is 6.59. The lowest BCUT2D eigenvalue weighted by Gasteiger charge is -2.40. The van der Waals surface area contributed by atoms with Gasteiger partial charge in [0.05, 0.1) is 5.69 Å². The first-order chi connectivity index (χ1) is 13.0. The van der Waals surface area contributed by atoms with Crippen molar-refractivity contribution in [3.8, 4) is 0 Å². The molecule has 1 aromatic heterocycles. The molecule has 5 rings (SSSR count). The number of hydrogen-bond acceptors (Lipinski definition) is 4. The summed E-state index contributed by atoms with van der Waals surface area (Å²) in [5, 5.41) is 3.93. The highest BCUT2D eigenvalue weighted by atomic mass is 19.1. The number of carbonyl (C=O) groups excluding carboxylic acids is 1. The van der Waals surface area contributed by atoms with Gasteiger partial charge in [0.15, 0.2) is 0 Å². The zero-order valence-electron chi connectivity index (χ0n) is 15.8. The van der Waals surface area contributed by atoms with Gasteiger partial charge in [-0.3, -0.25) is 4.79 Å². The second-order valence-corrected chi connectivity index (χ2v) is 8.30. The molecule has 1 spiro atoms. The molecule has 3 heterocycles. The number of aromatic nitrogens is 1. The van der Waals surface area contributed by atoms with E-state index in [9.17, 15) is 9.18 Å². The molecule has 0 N–H and O–H groups in total. The van der Waals surface area contributed by atoms with Crippen molar-refractivity contribution in [1.82, 2.24) is 10.1 Å². The van der Waals surface area contributed by atoms with Gasteiger partial charge in [-0.15, -0.1) is 0 Å². The number of amides is 1. The number of piperidine rings is 1. The van der Waals surface area contributed by atoms with Crippen LogP contribution >= 0.6 is 0 Å². The average Bonchev–Trinajstić information content (AvgIpc) is 3.39. The van der Waals surface area contributed by atoms with E-state index in [1.807, 2.05) is 4.90 Å². The summed E-state index contributed by atoms with van der Waals surface area (Å²) in [5.74, 6) is 0.204. The number of fused-ring (bicyclic) bond motifs is 2. The first-order valence-electron chi connectivity index (χ1n) is 9.77. The van der Waals surface area contributed by atoms with Gasteiger partial charge in [-0.25, -0.2) is 4.39 Å². The highest BCUT2D eigenvalue weighted by Gasteiger charge is 2.48. The first kappa shape index (κ1) is 16.9. The van der Waals surface area contributed by atoms with Crippen molar-refractivity contribution < 1.29 is 13.7 Å². The smallest absolute Gasteiger partial charge is 0.263 e. The molecule has 2 fully saturated rings. The largest absolute Gasteiger partial charge is 0.361 e. The molecule has 0 atom stereocenters. The fourth-order valence-electron chi connectivity index (χ4n) is 4.93. The molecule has 142 valence electrons. The fourth-order valence-corrected chi connectivity index (χ4v) is 4.93. The molecule has 6 heteroatoms. The van der Waals surface area contributed by atoms with Crippen LogP contribution in [0.3, 0.4) is 0 Å². The number of hydrogen-bond donors (Lipinski definition) is 0. The van der Waals surface area contributed by atoms with E-state index < -0.39 is 0 Å². The summed E-state index contributed by atoms with van der Waals surface area (Å²) in [5.41, 5.74) is 2.79. The van der Waals surface area contributed by atoms with Gasteiger partial charge in [0.2, 0.25) is 0 Å². The maximum atomic E-state index is 14.1. The molecule has 2 aromatic rings. The van der Waals surface area contributed by atoms with Crippen LogP contribution in [-0.4, -0.2) is 41.6 Å². The zero-order chi connectivity index (χ0) is 18.8. The van der Waals surface area contributed by atoms with Gasteiger partial charge in [-0.05, 0) is 76.4 Å². The van der Waals surface area contributed by atoms with E-state index >= 15 is 0 Å². The molecule has 1 saturated heterocycles. The molecule has 5 nitrogen and oxygen atoms in total. The highest BCUT2D eigenvalue weighted by Crippen LogP contribution is 2.49. The summed E-state index contributed by atoms with van der Waals surface area (Å²) in [6.45, 7) is 6.20. The van der Waals surface area contributed by atoms with E-state index in [0.717, 1.165) is 43.2 Å². The van der Waals surface area contributed by atoms with Gasteiger partial charge in [0, 0.05) is 23.7 Å². The number of carbonyl (C=O) groups is 1. The van der Waals surface area contributed by atoms with E-state index in [4.69, 9.17) is 4.52 Å². The minimum Gasteiger partial charge on any atom is -0.361 e. The Bertz CT molecular complexity index is 891. The number of benzene rings is 1. The van der Waals surface area contributed by atoms with Crippen LogP contribution in [0.4, 0.5) is 10.1 Å². The van der Waals surface area contributed by atoms with Crippen LogP contribution in [-0.2, 0) is 5.41 Å². The molecule has 0 unspecified atom stereocenters. The van der Waals surface area contributed by atoms with Crippen LogP contribution in [0.5, 0.6) is 0 Å². The normalized spacial score (nSPS) is 21.7. The van der Waals surface area contributed by atoms with E-state index in [1.165, 1.54) is 18.9 Å². The Hall–Kier alpha value is -2.21. The molecule has 1 amide bonds. The lowest BCUT2D eigenvalue weighted by Crippen LogP contribution is -2.46. The van der Waals surface area contributed by atoms with E-state index in [1.54, 1.807) is 26.0 Å². The SMILES string of the molecule is Cc1noc(C)c1C(=O)N1CC2(CCN(C3CC3)CC2)c2cc(F)ccc21. The van der Waals surface area contributed by atoms with Crippen LogP contribution < -0.4 is 4.90 Å². The maximum Gasteiger partial charge on any atom is 0.263 e. The molecule has 0 bridgehead atoms. The molecule has 1 saturated carbocycles. The summed E-state index contributed by atoms with van der Waals surface area (Å²) in [6, 6.07) is 5.59. The van der Waals surface area contributed by atoms with Gasteiger partial charge < -0.3 is 14.3 Å². The van der Waals surface area contributed by atoms with Gasteiger partial charge in [0.1, 0.15) is 17.1 Å². The standard InChI is InChI=1S/C21H24FN3O2/c1-13-19(14(2)27-23-13)20(26)25-12-21(17-11-15(22)3-6-18(17)25)7-9-24(10-8-21)16-4-5-16/h3,6,11,16H,4-5,7-10,12H2,1-2H3. The van der Waals surface area contributed by atoms with E-state index in [0.29, 0.717) is 23.6 Å². The molecule has 1 aromatic carbocycles. The molecule has 2 aliphatic heterocycles. The fraction of sp³-hybridized carbons (Fsp3) is 0.524. The van der Waals surface area contributed by atoms with Crippen molar-refractivity contribution in [1.29, 1.82) is 0 Å². The van der Waals surface area contributed by atoms with Gasteiger partial charge >= 0.3 is 0 Å². The highest BCUT2D eigenvalue weighted by molar-refractivity contribution is 6.09. The third-order valence-corrected chi connectivity index (χ3v) is 6.59. The second-order valence-electron chi connectivity index (χ2n) is 8.30. The first-order valence-corrected chi connectivity index (χ1v) is 9.77. The number of nitrogens with zero attached hydrogens (tertiary/aromatic N) is 3. The van der Waals surface area contributed by atoms with Crippen LogP contribution in [0, 0.1) is 19.7 Å². The predicted molar refractivity (Wildman–Crippen MR) is 99.6 cm³/mol. The maximum absolute atomic E-state index is 14.1. The Balaban J connectivity index is 1.51. The van der Waals surface area contributed by atoms with Crippen molar-refractivity contribution >= 4 is 11.6 Å². The summed E-state index contributed by atoms with van der Waals surface area (Å²) >= 11 is 0. The van der Waals surface area contributed by atoms with E-state index in [-0.39, 0.29) is 17.1 Å². The Labute approximate surface area is 158 Å². The average molecular weight is 369 g/mol. The van der Waals surface area contributed by atoms with E-state index in [2.05, 4.69) is 10.1 Å². The Morgan fingerprint density at radius 3 is 2.63 bits per heavy atom. The minimum atomic E-state index is -0.232.